The zero-order valence-electron chi connectivity index (χ0n) is 11.0. The molecule has 0 aromatic carbocycles. The molecule has 0 amide bonds. The first kappa shape index (κ1) is 13.1. The van der Waals surface area contributed by atoms with E-state index in [1.165, 1.54) is 7.11 Å². The van der Waals surface area contributed by atoms with Crippen molar-refractivity contribution in [2.45, 2.75) is 19.8 Å². The number of aryl methyl sites for hydroxylation is 2. The summed E-state index contributed by atoms with van der Waals surface area (Å²) in [4.78, 5) is 23.9. The molecule has 0 aliphatic carbocycles. The largest absolute Gasteiger partial charge is 0.469 e. The minimum atomic E-state index is -0.254. The number of carbonyl (C=O) groups excluding carboxylic acids is 1. The Balaban J connectivity index is 2.22. The molecule has 0 unspecified atom stereocenters. The van der Waals surface area contributed by atoms with Crippen LogP contribution in [0.1, 0.15) is 17.9 Å². The predicted molar refractivity (Wildman–Crippen MR) is 70.3 cm³/mol. The number of pyridine rings is 1. The van der Waals surface area contributed by atoms with E-state index in [2.05, 4.69) is 19.7 Å². The van der Waals surface area contributed by atoms with Crippen LogP contribution in [0, 0.1) is 6.92 Å². The van der Waals surface area contributed by atoms with E-state index in [-0.39, 0.29) is 12.4 Å². The quantitative estimate of drug-likeness (QED) is 0.783. The van der Waals surface area contributed by atoms with Crippen molar-refractivity contribution in [1.82, 2.24) is 15.0 Å². The maximum absolute atomic E-state index is 11.1. The monoisotopic (exact) mass is 257 g/mol. The third-order valence-corrected chi connectivity index (χ3v) is 2.66. The molecule has 0 saturated heterocycles. The molecule has 5 nitrogen and oxygen atoms in total. The zero-order valence-corrected chi connectivity index (χ0v) is 11.0. The molecule has 0 aliphatic rings. The van der Waals surface area contributed by atoms with E-state index in [1.807, 2.05) is 25.1 Å². The van der Waals surface area contributed by atoms with E-state index >= 15 is 0 Å². The van der Waals surface area contributed by atoms with Gasteiger partial charge >= 0.3 is 5.97 Å². The highest BCUT2D eigenvalue weighted by Gasteiger charge is 2.07. The molecule has 0 spiro atoms. The van der Waals surface area contributed by atoms with Gasteiger partial charge < -0.3 is 4.74 Å². The van der Waals surface area contributed by atoms with Crippen molar-refractivity contribution < 1.29 is 9.53 Å². The standard InChI is InChI=1S/C14H15N3O2/c1-10-9-12(11-5-7-15-8-6-11)17-13(16-10)3-4-14(18)19-2/h5-9H,3-4H2,1-2H3. The molecule has 0 aliphatic heterocycles. The molecule has 0 N–H and O–H groups in total. The number of esters is 1. The number of rotatable bonds is 4. The Labute approximate surface area is 111 Å². The molecule has 2 rings (SSSR count). The van der Waals surface area contributed by atoms with Crippen LogP contribution in [-0.2, 0) is 16.0 Å². The third kappa shape index (κ3) is 3.58. The van der Waals surface area contributed by atoms with Crippen molar-refractivity contribution >= 4 is 5.97 Å². The molecule has 2 aromatic heterocycles. The van der Waals surface area contributed by atoms with Gasteiger partial charge in [0.2, 0.25) is 0 Å². The van der Waals surface area contributed by atoms with E-state index in [1.54, 1.807) is 12.4 Å². The minimum Gasteiger partial charge on any atom is -0.469 e. The van der Waals surface area contributed by atoms with Crippen LogP contribution in [0.5, 0.6) is 0 Å². The molecule has 0 radical (unpaired) electrons. The summed E-state index contributed by atoms with van der Waals surface area (Å²) in [5.74, 6) is 0.396. The second-order valence-corrected chi connectivity index (χ2v) is 4.12. The fourth-order valence-corrected chi connectivity index (χ4v) is 1.73. The summed E-state index contributed by atoms with van der Waals surface area (Å²) in [6, 6.07) is 5.70. The van der Waals surface area contributed by atoms with Crippen molar-refractivity contribution in [1.29, 1.82) is 0 Å². The lowest BCUT2D eigenvalue weighted by Crippen LogP contribution is -2.05. The molecule has 0 fully saturated rings. The molecule has 2 heterocycles. The van der Waals surface area contributed by atoms with Crippen LogP contribution in [-0.4, -0.2) is 28.0 Å². The predicted octanol–water partition coefficient (Wildman–Crippen LogP) is 1.95. The SMILES string of the molecule is COC(=O)CCc1nc(C)cc(-c2ccncc2)n1. The fraction of sp³-hybridized carbons (Fsp3) is 0.286. The Bertz CT molecular complexity index is 570. The zero-order chi connectivity index (χ0) is 13.7. The highest BCUT2D eigenvalue weighted by Crippen LogP contribution is 2.17. The smallest absolute Gasteiger partial charge is 0.305 e. The first-order chi connectivity index (χ1) is 9.19. The summed E-state index contributed by atoms with van der Waals surface area (Å²) in [6.45, 7) is 1.91. The van der Waals surface area contributed by atoms with Crippen LogP contribution in [0.2, 0.25) is 0 Å². The summed E-state index contributed by atoms with van der Waals surface area (Å²) < 4.78 is 4.61. The second-order valence-electron chi connectivity index (χ2n) is 4.12. The number of methoxy groups -OCH3 is 1. The van der Waals surface area contributed by atoms with Gasteiger partial charge in [0.15, 0.2) is 0 Å². The van der Waals surface area contributed by atoms with E-state index in [4.69, 9.17) is 0 Å². The van der Waals surface area contributed by atoms with Gasteiger partial charge in [0.25, 0.3) is 0 Å². The summed E-state index contributed by atoms with van der Waals surface area (Å²) in [5, 5.41) is 0. The van der Waals surface area contributed by atoms with Gasteiger partial charge in [-0.2, -0.15) is 0 Å². The molecular formula is C14H15N3O2. The number of hydrogen-bond acceptors (Lipinski definition) is 5. The van der Waals surface area contributed by atoms with Crippen LogP contribution in [0.3, 0.4) is 0 Å². The van der Waals surface area contributed by atoms with Crippen LogP contribution < -0.4 is 0 Å². The topological polar surface area (TPSA) is 65.0 Å². The molecule has 2 aromatic rings. The van der Waals surface area contributed by atoms with E-state index < -0.39 is 0 Å². The summed E-state index contributed by atoms with van der Waals surface area (Å²) >= 11 is 0. The van der Waals surface area contributed by atoms with Crippen molar-refractivity contribution in [2.24, 2.45) is 0 Å². The van der Waals surface area contributed by atoms with Gasteiger partial charge in [-0.3, -0.25) is 9.78 Å². The van der Waals surface area contributed by atoms with Crippen molar-refractivity contribution in [3.63, 3.8) is 0 Å². The highest BCUT2D eigenvalue weighted by atomic mass is 16.5. The normalized spacial score (nSPS) is 10.2. The van der Waals surface area contributed by atoms with Gasteiger partial charge in [-0.1, -0.05) is 0 Å². The molecular weight excluding hydrogens is 242 g/mol. The maximum Gasteiger partial charge on any atom is 0.305 e. The number of carbonyl (C=O) groups is 1. The molecule has 98 valence electrons. The first-order valence-corrected chi connectivity index (χ1v) is 6.01. The minimum absolute atomic E-state index is 0.254. The molecule has 0 bridgehead atoms. The third-order valence-electron chi connectivity index (χ3n) is 2.66. The lowest BCUT2D eigenvalue weighted by molar-refractivity contribution is -0.140. The van der Waals surface area contributed by atoms with Crippen molar-refractivity contribution in [3.8, 4) is 11.3 Å². The van der Waals surface area contributed by atoms with Gasteiger partial charge in [0.05, 0.1) is 19.2 Å². The Morgan fingerprint density at radius 3 is 2.68 bits per heavy atom. The van der Waals surface area contributed by atoms with Crippen LogP contribution in [0.25, 0.3) is 11.3 Å². The maximum atomic E-state index is 11.1. The molecule has 0 saturated carbocycles. The lowest BCUT2D eigenvalue weighted by atomic mass is 10.1. The second kappa shape index (κ2) is 6.04. The van der Waals surface area contributed by atoms with E-state index in [0.717, 1.165) is 17.0 Å². The first-order valence-electron chi connectivity index (χ1n) is 6.01. The Hall–Kier alpha value is -2.30. The van der Waals surface area contributed by atoms with Gasteiger partial charge in [-0.15, -0.1) is 0 Å². The number of ether oxygens (including phenoxy) is 1. The van der Waals surface area contributed by atoms with Crippen molar-refractivity contribution in [3.05, 3.63) is 42.1 Å². The van der Waals surface area contributed by atoms with E-state index in [0.29, 0.717) is 12.2 Å². The van der Waals surface area contributed by atoms with Gasteiger partial charge in [0, 0.05) is 30.1 Å². The highest BCUT2D eigenvalue weighted by molar-refractivity contribution is 5.69. The van der Waals surface area contributed by atoms with Gasteiger partial charge in [-0.25, -0.2) is 9.97 Å². The molecule has 0 atom stereocenters. The number of nitrogens with zero attached hydrogens (tertiary/aromatic N) is 3. The van der Waals surface area contributed by atoms with Crippen LogP contribution in [0.15, 0.2) is 30.6 Å². The summed E-state index contributed by atoms with van der Waals surface area (Å²) in [7, 11) is 1.38. The molecule has 19 heavy (non-hydrogen) atoms. The lowest BCUT2D eigenvalue weighted by Gasteiger charge is -2.05. The molecule has 5 heteroatoms. The number of aromatic nitrogens is 3. The Morgan fingerprint density at radius 1 is 1.26 bits per heavy atom. The average molecular weight is 257 g/mol. The average Bonchev–Trinajstić information content (AvgIpc) is 2.45. The van der Waals surface area contributed by atoms with E-state index in [9.17, 15) is 4.79 Å². The Morgan fingerprint density at radius 2 is 2.00 bits per heavy atom. The fourth-order valence-electron chi connectivity index (χ4n) is 1.73. The van der Waals surface area contributed by atoms with Gasteiger partial charge in [-0.05, 0) is 25.1 Å². The Kier molecular flexibility index (Phi) is 4.18. The van der Waals surface area contributed by atoms with Gasteiger partial charge in [0.1, 0.15) is 5.82 Å². The van der Waals surface area contributed by atoms with Crippen molar-refractivity contribution in [2.75, 3.05) is 7.11 Å². The summed E-state index contributed by atoms with van der Waals surface area (Å²) in [6.07, 6.45) is 4.21. The van der Waals surface area contributed by atoms with Crippen LogP contribution >= 0.6 is 0 Å². The summed E-state index contributed by atoms with van der Waals surface area (Å²) in [5.41, 5.74) is 2.70. The van der Waals surface area contributed by atoms with Crippen LogP contribution in [0.4, 0.5) is 0 Å². The number of hydrogen-bond donors (Lipinski definition) is 0.